The molecule has 8 nitrogen and oxygen atoms in total. The topological polar surface area (TPSA) is 98.4 Å². The summed E-state index contributed by atoms with van der Waals surface area (Å²) >= 11 is 6.25. The van der Waals surface area contributed by atoms with Gasteiger partial charge in [-0.2, -0.15) is 10.4 Å². The third-order valence-electron chi connectivity index (χ3n) is 5.72. The Labute approximate surface area is 203 Å². The number of ether oxygens (including phenoxy) is 3. The van der Waals surface area contributed by atoms with Crippen molar-refractivity contribution in [1.29, 1.82) is 5.26 Å². The van der Waals surface area contributed by atoms with E-state index in [-0.39, 0.29) is 11.8 Å². The summed E-state index contributed by atoms with van der Waals surface area (Å²) in [6.45, 7) is 2.06. The highest BCUT2D eigenvalue weighted by Gasteiger charge is 2.15. The van der Waals surface area contributed by atoms with Crippen LogP contribution in [0.1, 0.15) is 36.8 Å². The lowest BCUT2D eigenvalue weighted by Crippen LogP contribution is -2.26. The fourth-order valence-electron chi connectivity index (χ4n) is 3.91. The third-order valence-corrected chi connectivity index (χ3v) is 6.02. The molecule has 1 aliphatic heterocycles. The van der Waals surface area contributed by atoms with Crippen LogP contribution >= 0.6 is 11.6 Å². The number of aromatic nitrogens is 2. The molecule has 1 atom stereocenters. The first kappa shape index (κ1) is 24.0. The molecule has 1 fully saturated rings. The zero-order valence-electron chi connectivity index (χ0n) is 19.1. The highest BCUT2D eigenvalue weighted by molar-refractivity contribution is 6.32. The number of aryl methyl sites for hydroxylation is 1. The molecule has 2 aromatic carbocycles. The van der Waals surface area contributed by atoms with E-state index in [1.165, 1.54) is 4.68 Å². The molecule has 0 saturated carbocycles. The number of anilines is 1. The molecule has 1 N–H and O–H groups in total. The van der Waals surface area contributed by atoms with Crippen molar-refractivity contribution < 1.29 is 14.2 Å². The van der Waals surface area contributed by atoms with E-state index in [2.05, 4.69) is 16.5 Å². The predicted molar refractivity (Wildman–Crippen MR) is 130 cm³/mol. The largest absolute Gasteiger partial charge is 0.495 e. The third kappa shape index (κ3) is 5.68. The van der Waals surface area contributed by atoms with Gasteiger partial charge < -0.3 is 19.5 Å². The number of nitrogens with one attached hydrogen (secondary N) is 1. The SMILES string of the molecule is COc1ccc(CNc2nn(CCCOC3CCCCO3)c(=O)c3ccc(C#N)cc23)cc1Cl. The molecule has 9 heteroatoms. The first-order chi connectivity index (χ1) is 16.6. The maximum Gasteiger partial charge on any atom is 0.274 e. The molecule has 3 aromatic rings. The standard InChI is InChI=1S/C25H27ClN4O4/c1-32-22-9-7-18(14-21(22)26)16-28-24-20-13-17(15-27)6-8-19(20)25(31)30(29-24)10-4-12-34-23-5-2-3-11-33-23/h6-9,13-14,23H,2-5,10-12,16H2,1H3,(H,28,29). The van der Waals surface area contributed by atoms with Gasteiger partial charge >= 0.3 is 0 Å². The lowest BCUT2D eigenvalue weighted by Gasteiger charge is -2.22. The van der Waals surface area contributed by atoms with Crippen molar-refractivity contribution in [3.05, 3.63) is 62.9 Å². The molecule has 178 valence electrons. The van der Waals surface area contributed by atoms with E-state index in [0.717, 1.165) is 31.4 Å². The number of nitrogens with zero attached hydrogens (tertiary/aromatic N) is 3. The molecule has 4 rings (SSSR count). The first-order valence-electron chi connectivity index (χ1n) is 11.3. The van der Waals surface area contributed by atoms with E-state index >= 15 is 0 Å². The van der Waals surface area contributed by atoms with Crippen LogP contribution < -0.4 is 15.6 Å². The van der Waals surface area contributed by atoms with Crippen LogP contribution in [0.4, 0.5) is 5.82 Å². The second-order valence-corrected chi connectivity index (χ2v) is 8.50. The molecular formula is C25H27ClN4O4. The minimum absolute atomic E-state index is 0.159. The van der Waals surface area contributed by atoms with Crippen molar-refractivity contribution in [3.63, 3.8) is 0 Å². The van der Waals surface area contributed by atoms with Crippen LogP contribution in [-0.2, 0) is 22.6 Å². The zero-order chi connectivity index (χ0) is 23.9. The van der Waals surface area contributed by atoms with Crippen molar-refractivity contribution >= 4 is 28.2 Å². The average Bonchev–Trinajstić information content (AvgIpc) is 2.87. The van der Waals surface area contributed by atoms with Gasteiger partial charge in [-0.15, -0.1) is 0 Å². The first-order valence-corrected chi connectivity index (χ1v) is 11.7. The summed E-state index contributed by atoms with van der Waals surface area (Å²) in [5, 5.41) is 18.8. The molecule has 0 bridgehead atoms. The van der Waals surface area contributed by atoms with Gasteiger partial charge in [0, 0.05) is 25.1 Å². The van der Waals surface area contributed by atoms with Crippen molar-refractivity contribution in [3.8, 4) is 11.8 Å². The van der Waals surface area contributed by atoms with Gasteiger partial charge in [-0.05, 0) is 61.6 Å². The molecule has 0 aliphatic carbocycles. The molecule has 1 saturated heterocycles. The summed E-state index contributed by atoms with van der Waals surface area (Å²) in [5.41, 5.74) is 1.19. The summed E-state index contributed by atoms with van der Waals surface area (Å²) in [6.07, 6.45) is 3.55. The Bertz CT molecular complexity index is 1250. The molecular weight excluding hydrogens is 456 g/mol. The van der Waals surface area contributed by atoms with Gasteiger partial charge in [-0.3, -0.25) is 4.79 Å². The van der Waals surface area contributed by atoms with Crippen LogP contribution in [0.25, 0.3) is 10.8 Å². The number of halogens is 1. The molecule has 1 unspecified atom stereocenters. The van der Waals surface area contributed by atoms with Crippen LogP contribution in [0.3, 0.4) is 0 Å². The number of rotatable bonds is 9. The number of fused-ring (bicyclic) bond motifs is 1. The van der Waals surface area contributed by atoms with Gasteiger partial charge in [0.05, 0.1) is 35.8 Å². The smallest absolute Gasteiger partial charge is 0.274 e. The second-order valence-electron chi connectivity index (χ2n) is 8.09. The maximum absolute atomic E-state index is 13.1. The fourth-order valence-corrected chi connectivity index (χ4v) is 4.20. The lowest BCUT2D eigenvalue weighted by molar-refractivity contribution is -0.163. The van der Waals surface area contributed by atoms with Gasteiger partial charge in [0.1, 0.15) is 5.75 Å². The minimum atomic E-state index is -0.202. The highest BCUT2D eigenvalue weighted by atomic mass is 35.5. The molecule has 0 radical (unpaired) electrons. The normalized spacial score (nSPS) is 15.7. The summed E-state index contributed by atoms with van der Waals surface area (Å²) in [4.78, 5) is 13.1. The minimum Gasteiger partial charge on any atom is -0.495 e. The Morgan fingerprint density at radius 1 is 1.26 bits per heavy atom. The summed E-state index contributed by atoms with van der Waals surface area (Å²) in [6, 6.07) is 12.6. The highest BCUT2D eigenvalue weighted by Crippen LogP contribution is 2.26. The quantitative estimate of drug-likeness (QED) is 0.449. The molecule has 1 aliphatic rings. The molecule has 2 heterocycles. The second kappa shape index (κ2) is 11.3. The fraction of sp³-hybridized carbons (Fsp3) is 0.400. The van der Waals surface area contributed by atoms with Gasteiger partial charge in [0.25, 0.3) is 5.56 Å². The van der Waals surface area contributed by atoms with Gasteiger partial charge in [0.2, 0.25) is 0 Å². The van der Waals surface area contributed by atoms with Crippen molar-refractivity contribution in [1.82, 2.24) is 9.78 Å². The molecule has 0 spiro atoms. The van der Waals surface area contributed by atoms with E-state index in [1.807, 2.05) is 12.1 Å². The summed E-state index contributed by atoms with van der Waals surface area (Å²) in [5.74, 6) is 1.12. The van der Waals surface area contributed by atoms with Crippen LogP contribution in [0.15, 0.2) is 41.2 Å². The predicted octanol–water partition coefficient (Wildman–Crippen LogP) is 4.48. The van der Waals surface area contributed by atoms with Crippen molar-refractivity contribution in [2.45, 2.75) is 45.1 Å². The van der Waals surface area contributed by atoms with E-state index < -0.39 is 0 Å². The Morgan fingerprint density at radius 3 is 2.88 bits per heavy atom. The van der Waals surface area contributed by atoms with Crippen LogP contribution in [0.5, 0.6) is 5.75 Å². The lowest BCUT2D eigenvalue weighted by atomic mass is 10.1. The monoisotopic (exact) mass is 482 g/mol. The van der Waals surface area contributed by atoms with Crippen LogP contribution in [-0.4, -0.2) is 36.4 Å². The van der Waals surface area contributed by atoms with Gasteiger partial charge in [0.15, 0.2) is 12.1 Å². The van der Waals surface area contributed by atoms with E-state index in [0.29, 0.717) is 59.0 Å². The van der Waals surface area contributed by atoms with Crippen LogP contribution in [0, 0.1) is 11.3 Å². The number of benzene rings is 2. The molecule has 1 aromatic heterocycles. The Kier molecular flexibility index (Phi) is 8.01. The molecule has 0 amide bonds. The molecule has 34 heavy (non-hydrogen) atoms. The van der Waals surface area contributed by atoms with Crippen molar-refractivity contribution in [2.75, 3.05) is 25.6 Å². The maximum atomic E-state index is 13.1. The van der Waals surface area contributed by atoms with Crippen LogP contribution in [0.2, 0.25) is 5.02 Å². The van der Waals surface area contributed by atoms with E-state index in [4.69, 9.17) is 25.8 Å². The number of hydrogen-bond donors (Lipinski definition) is 1. The van der Waals surface area contributed by atoms with Gasteiger partial charge in [-0.1, -0.05) is 17.7 Å². The van der Waals surface area contributed by atoms with Gasteiger partial charge in [-0.25, -0.2) is 4.68 Å². The van der Waals surface area contributed by atoms with E-state index in [9.17, 15) is 10.1 Å². The summed E-state index contributed by atoms with van der Waals surface area (Å²) in [7, 11) is 1.57. The van der Waals surface area contributed by atoms with Crippen molar-refractivity contribution in [2.24, 2.45) is 0 Å². The number of hydrogen-bond acceptors (Lipinski definition) is 7. The Balaban J connectivity index is 1.53. The number of nitriles is 1. The number of methoxy groups -OCH3 is 1. The average molecular weight is 483 g/mol. The van der Waals surface area contributed by atoms with E-state index in [1.54, 1.807) is 31.4 Å². The Morgan fingerprint density at radius 2 is 2.15 bits per heavy atom. The zero-order valence-corrected chi connectivity index (χ0v) is 19.8. The summed E-state index contributed by atoms with van der Waals surface area (Å²) < 4.78 is 18.0. The Hall–Kier alpha value is -3.12.